The van der Waals surface area contributed by atoms with Crippen molar-refractivity contribution in [1.82, 2.24) is 15.2 Å². The second-order valence-corrected chi connectivity index (χ2v) is 9.59. The molecule has 2 aromatic carbocycles. The van der Waals surface area contributed by atoms with Crippen LogP contribution in [0.5, 0.6) is 0 Å². The molecule has 0 aliphatic carbocycles. The molecule has 2 atom stereocenters. The van der Waals surface area contributed by atoms with Gasteiger partial charge in [0.05, 0.1) is 28.0 Å². The summed E-state index contributed by atoms with van der Waals surface area (Å²) in [5.74, 6) is -1.08. The number of nitrogens with zero attached hydrogens (tertiary/aromatic N) is 2. The average molecular weight is 565 g/mol. The number of aromatic carboxylic acids is 1. The van der Waals surface area contributed by atoms with Crippen LogP contribution in [0.2, 0.25) is 5.02 Å². The molecule has 4 aromatic rings. The van der Waals surface area contributed by atoms with Crippen molar-refractivity contribution in [3.8, 4) is 11.3 Å². The molecule has 1 aliphatic rings. The van der Waals surface area contributed by atoms with Crippen LogP contribution in [0.4, 0.5) is 10.1 Å². The molecule has 11 heteroatoms. The standard InChI is InChI=1S/C28H22ClFN4O4S/c29-18-9-8-16(27(36)37)15-17(18)22-10-11-23(38-22)26-25(21-7-3-4-13-31-21)33-28(39)34(26)14-12-24(35)32-20-6-2-1-5-19(20)30/h1-11,13,15,25-26H,12,14H2,(H,32,35)(H,33,39)(H,36,37)/t25-,26+/m0/s1. The van der Waals surface area contributed by atoms with Gasteiger partial charge in [-0.2, -0.15) is 0 Å². The number of anilines is 1. The predicted molar refractivity (Wildman–Crippen MR) is 148 cm³/mol. The normalized spacial score (nSPS) is 16.7. The van der Waals surface area contributed by atoms with Crippen LogP contribution in [0.3, 0.4) is 0 Å². The zero-order valence-corrected chi connectivity index (χ0v) is 21.9. The Morgan fingerprint density at radius 2 is 1.92 bits per heavy atom. The number of amides is 1. The van der Waals surface area contributed by atoms with E-state index in [0.717, 1.165) is 0 Å². The summed E-state index contributed by atoms with van der Waals surface area (Å²) in [6.07, 6.45) is 1.70. The van der Waals surface area contributed by atoms with E-state index in [2.05, 4.69) is 15.6 Å². The summed E-state index contributed by atoms with van der Waals surface area (Å²) in [5.41, 5.74) is 1.32. The topological polar surface area (TPSA) is 108 Å². The van der Waals surface area contributed by atoms with Crippen molar-refractivity contribution in [3.63, 3.8) is 0 Å². The molecule has 8 nitrogen and oxygen atoms in total. The summed E-state index contributed by atoms with van der Waals surface area (Å²) in [7, 11) is 0. The van der Waals surface area contributed by atoms with E-state index in [1.807, 2.05) is 17.0 Å². The monoisotopic (exact) mass is 564 g/mol. The maximum atomic E-state index is 14.0. The number of carbonyl (C=O) groups is 2. The van der Waals surface area contributed by atoms with Crippen molar-refractivity contribution in [2.45, 2.75) is 18.5 Å². The Morgan fingerprint density at radius 1 is 1.13 bits per heavy atom. The van der Waals surface area contributed by atoms with Gasteiger partial charge in [-0.1, -0.05) is 29.8 Å². The Kier molecular flexibility index (Phi) is 7.58. The predicted octanol–water partition coefficient (Wildman–Crippen LogP) is 5.83. The van der Waals surface area contributed by atoms with Gasteiger partial charge in [0.2, 0.25) is 5.91 Å². The summed E-state index contributed by atoms with van der Waals surface area (Å²) in [6.45, 7) is 0.214. The van der Waals surface area contributed by atoms with Gasteiger partial charge in [-0.15, -0.1) is 0 Å². The van der Waals surface area contributed by atoms with Crippen LogP contribution in [-0.2, 0) is 4.79 Å². The van der Waals surface area contributed by atoms with E-state index in [9.17, 15) is 19.1 Å². The number of thiocarbonyl (C=S) groups is 1. The van der Waals surface area contributed by atoms with Crippen molar-refractivity contribution in [1.29, 1.82) is 0 Å². The molecule has 1 fully saturated rings. The third kappa shape index (κ3) is 5.62. The molecule has 3 N–H and O–H groups in total. The van der Waals surface area contributed by atoms with E-state index in [0.29, 0.717) is 32.9 Å². The van der Waals surface area contributed by atoms with Crippen LogP contribution in [0.1, 0.15) is 40.3 Å². The van der Waals surface area contributed by atoms with Gasteiger partial charge in [-0.25, -0.2) is 9.18 Å². The molecular formula is C28H22ClFN4O4S. The highest BCUT2D eigenvalue weighted by molar-refractivity contribution is 7.80. The fourth-order valence-corrected chi connectivity index (χ4v) is 5.00. The maximum absolute atomic E-state index is 14.0. The first kappa shape index (κ1) is 26.3. The zero-order valence-electron chi connectivity index (χ0n) is 20.3. The van der Waals surface area contributed by atoms with Gasteiger partial charge in [0.15, 0.2) is 5.11 Å². The Bertz CT molecular complexity index is 1550. The first-order chi connectivity index (χ1) is 18.8. The molecule has 5 rings (SSSR count). The lowest BCUT2D eigenvalue weighted by Gasteiger charge is -2.25. The largest absolute Gasteiger partial charge is 0.478 e. The van der Waals surface area contributed by atoms with Gasteiger partial charge >= 0.3 is 5.97 Å². The highest BCUT2D eigenvalue weighted by Crippen LogP contribution is 2.41. The van der Waals surface area contributed by atoms with Crippen LogP contribution in [0.15, 0.2) is 83.4 Å². The molecule has 1 saturated heterocycles. The van der Waals surface area contributed by atoms with Crippen LogP contribution in [0, 0.1) is 5.82 Å². The molecular weight excluding hydrogens is 543 g/mol. The lowest BCUT2D eigenvalue weighted by atomic mass is 10.0. The highest BCUT2D eigenvalue weighted by atomic mass is 35.5. The van der Waals surface area contributed by atoms with E-state index in [4.69, 9.17) is 28.2 Å². The number of hydrogen-bond acceptors (Lipinski definition) is 5. The maximum Gasteiger partial charge on any atom is 0.335 e. The molecule has 0 unspecified atom stereocenters. The van der Waals surface area contributed by atoms with E-state index in [1.54, 1.807) is 36.5 Å². The van der Waals surface area contributed by atoms with Crippen molar-refractivity contribution in [3.05, 3.63) is 107 Å². The summed E-state index contributed by atoms with van der Waals surface area (Å²) in [6, 6.07) is 18.4. The number of carboxylic acids is 1. The smallest absolute Gasteiger partial charge is 0.335 e. The minimum Gasteiger partial charge on any atom is -0.478 e. The number of para-hydroxylation sites is 1. The van der Waals surface area contributed by atoms with E-state index < -0.39 is 23.9 Å². The molecule has 2 aromatic heterocycles. The SMILES string of the molecule is O=C(CCN1C(=S)N[C@@H](c2ccccn2)[C@H]1c1ccc(-c2cc(C(=O)O)ccc2Cl)o1)Nc1ccccc1F. The highest BCUT2D eigenvalue weighted by Gasteiger charge is 2.41. The minimum atomic E-state index is -1.08. The van der Waals surface area contributed by atoms with E-state index >= 15 is 0 Å². The lowest BCUT2D eigenvalue weighted by molar-refractivity contribution is -0.116. The number of halogens is 2. The molecule has 1 aliphatic heterocycles. The Morgan fingerprint density at radius 3 is 2.67 bits per heavy atom. The molecule has 0 bridgehead atoms. The van der Waals surface area contributed by atoms with Gasteiger partial charge < -0.3 is 25.1 Å². The van der Waals surface area contributed by atoms with Crippen molar-refractivity contribution in [2.75, 3.05) is 11.9 Å². The van der Waals surface area contributed by atoms with Gasteiger partial charge in [0.1, 0.15) is 23.4 Å². The first-order valence-electron chi connectivity index (χ1n) is 12.0. The molecule has 3 heterocycles. The van der Waals surface area contributed by atoms with E-state index in [-0.39, 0.29) is 30.1 Å². The third-order valence-corrected chi connectivity index (χ3v) is 7.00. The molecule has 1 amide bonds. The number of nitrogens with one attached hydrogen (secondary N) is 2. The Balaban J connectivity index is 1.43. The van der Waals surface area contributed by atoms with Crippen LogP contribution in [-0.4, -0.2) is 38.5 Å². The number of furan rings is 1. The fraction of sp³-hybridized carbons (Fsp3) is 0.143. The summed E-state index contributed by atoms with van der Waals surface area (Å²) >= 11 is 12.0. The number of benzene rings is 2. The fourth-order valence-electron chi connectivity index (χ4n) is 4.46. The first-order valence-corrected chi connectivity index (χ1v) is 12.8. The van der Waals surface area contributed by atoms with Crippen LogP contribution >= 0.6 is 23.8 Å². The van der Waals surface area contributed by atoms with Crippen LogP contribution < -0.4 is 10.6 Å². The quantitative estimate of drug-likeness (QED) is 0.229. The molecule has 198 valence electrons. The van der Waals surface area contributed by atoms with Crippen molar-refractivity contribution in [2.24, 2.45) is 0 Å². The number of pyridine rings is 1. The van der Waals surface area contributed by atoms with Gasteiger partial charge in [-0.3, -0.25) is 9.78 Å². The molecule has 0 radical (unpaired) electrons. The van der Waals surface area contributed by atoms with Crippen LogP contribution in [0.25, 0.3) is 11.3 Å². The van der Waals surface area contributed by atoms with Gasteiger partial charge in [0.25, 0.3) is 0 Å². The molecule has 39 heavy (non-hydrogen) atoms. The minimum absolute atomic E-state index is 0.0294. The van der Waals surface area contributed by atoms with Crippen molar-refractivity contribution >= 4 is 46.5 Å². The van der Waals surface area contributed by atoms with Gasteiger partial charge in [0, 0.05) is 24.7 Å². The number of hydrogen-bond donors (Lipinski definition) is 3. The lowest BCUT2D eigenvalue weighted by Crippen LogP contribution is -2.32. The number of carbonyl (C=O) groups excluding carboxylic acids is 1. The summed E-state index contributed by atoms with van der Waals surface area (Å²) in [5, 5.41) is 16.0. The third-order valence-electron chi connectivity index (χ3n) is 6.32. The number of carboxylic acid groups (broad SMARTS) is 1. The Hall–Kier alpha value is -4.28. The summed E-state index contributed by atoms with van der Waals surface area (Å²) < 4.78 is 20.2. The van der Waals surface area contributed by atoms with E-state index in [1.165, 1.54) is 30.3 Å². The number of rotatable bonds is 8. The average Bonchev–Trinajstić information content (AvgIpc) is 3.54. The number of aromatic nitrogens is 1. The van der Waals surface area contributed by atoms with Crippen molar-refractivity contribution < 1.29 is 23.5 Å². The zero-order chi connectivity index (χ0) is 27.5. The van der Waals surface area contributed by atoms with Gasteiger partial charge in [-0.05, 0) is 66.8 Å². The Labute approximate surface area is 233 Å². The molecule has 0 saturated carbocycles. The second kappa shape index (κ2) is 11.2. The summed E-state index contributed by atoms with van der Waals surface area (Å²) in [4.78, 5) is 30.5. The molecule has 0 spiro atoms. The second-order valence-electron chi connectivity index (χ2n) is 8.80.